The number of carbonyl (C=O) groups is 1. The first-order valence-electron chi connectivity index (χ1n) is 9.33. The highest BCUT2D eigenvalue weighted by Gasteiger charge is 2.13. The molecule has 0 unspecified atom stereocenters. The van der Waals surface area contributed by atoms with Crippen molar-refractivity contribution >= 4 is 50.9 Å². The van der Waals surface area contributed by atoms with Crippen molar-refractivity contribution in [3.8, 4) is 5.75 Å². The summed E-state index contributed by atoms with van der Waals surface area (Å²) in [6.07, 6.45) is 1.69. The standard InChI is InChI=1S/C23H17BrClN3O2S/c24-16-10-11-21(18(25)14-16)30-15-28-13-12-20(27-28)23(29)26-19-8-4-5-9-22(19)31-17-6-2-1-3-7-17/h1-14H,15H2,(H,26,29). The van der Waals surface area contributed by atoms with E-state index in [1.165, 1.54) is 4.68 Å². The minimum atomic E-state index is -0.290. The molecule has 1 heterocycles. The second-order valence-electron chi connectivity index (χ2n) is 6.45. The van der Waals surface area contributed by atoms with Crippen LogP contribution in [0.3, 0.4) is 0 Å². The van der Waals surface area contributed by atoms with Gasteiger partial charge >= 0.3 is 0 Å². The highest BCUT2D eigenvalue weighted by molar-refractivity contribution is 9.10. The van der Waals surface area contributed by atoms with E-state index >= 15 is 0 Å². The van der Waals surface area contributed by atoms with Gasteiger partial charge in [0.2, 0.25) is 0 Å². The topological polar surface area (TPSA) is 56.2 Å². The fraction of sp³-hybridized carbons (Fsp3) is 0.0435. The number of anilines is 1. The predicted molar refractivity (Wildman–Crippen MR) is 127 cm³/mol. The first kappa shape index (κ1) is 21.5. The first-order chi connectivity index (χ1) is 15.1. The van der Waals surface area contributed by atoms with Crippen molar-refractivity contribution in [3.05, 3.63) is 100 Å². The Morgan fingerprint density at radius 1 is 1.06 bits per heavy atom. The van der Waals surface area contributed by atoms with Gasteiger partial charge in [0, 0.05) is 20.5 Å². The van der Waals surface area contributed by atoms with E-state index in [1.54, 1.807) is 36.2 Å². The molecule has 1 amide bonds. The van der Waals surface area contributed by atoms with E-state index in [9.17, 15) is 4.79 Å². The molecule has 0 spiro atoms. The maximum absolute atomic E-state index is 12.7. The lowest BCUT2D eigenvalue weighted by Gasteiger charge is -2.10. The molecule has 4 rings (SSSR count). The van der Waals surface area contributed by atoms with Crippen molar-refractivity contribution in [3.63, 3.8) is 0 Å². The summed E-state index contributed by atoms with van der Waals surface area (Å²) in [7, 11) is 0. The second-order valence-corrected chi connectivity index (χ2v) is 8.89. The van der Waals surface area contributed by atoms with Crippen LogP contribution < -0.4 is 10.1 Å². The molecule has 0 aliphatic rings. The second kappa shape index (κ2) is 10.0. The Bertz CT molecular complexity index is 1200. The Kier molecular flexibility index (Phi) is 6.96. The Hall–Kier alpha value is -2.74. The van der Waals surface area contributed by atoms with Gasteiger partial charge in [0.05, 0.1) is 10.7 Å². The third kappa shape index (κ3) is 5.70. The van der Waals surface area contributed by atoms with Gasteiger partial charge in [-0.2, -0.15) is 5.10 Å². The lowest BCUT2D eigenvalue weighted by Crippen LogP contribution is -2.14. The average Bonchev–Trinajstić information content (AvgIpc) is 3.24. The molecule has 0 radical (unpaired) electrons. The van der Waals surface area contributed by atoms with Crippen molar-refractivity contribution in [1.82, 2.24) is 9.78 Å². The van der Waals surface area contributed by atoms with Crippen LogP contribution in [-0.4, -0.2) is 15.7 Å². The van der Waals surface area contributed by atoms with E-state index < -0.39 is 0 Å². The van der Waals surface area contributed by atoms with Crippen LogP contribution in [-0.2, 0) is 6.73 Å². The van der Waals surface area contributed by atoms with E-state index in [0.29, 0.717) is 16.5 Å². The van der Waals surface area contributed by atoms with Crippen molar-refractivity contribution in [2.45, 2.75) is 16.5 Å². The summed E-state index contributed by atoms with van der Waals surface area (Å²) >= 11 is 11.1. The van der Waals surface area contributed by atoms with Gasteiger partial charge in [0.1, 0.15) is 5.75 Å². The van der Waals surface area contributed by atoms with Crippen LogP contribution in [0.1, 0.15) is 10.5 Å². The fourth-order valence-corrected chi connectivity index (χ4v) is 4.39. The number of halogens is 2. The van der Waals surface area contributed by atoms with Gasteiger partial charge in [0.25, 0.3) is 5.91 Å². The highest BCUT2D eigenvalue weighted by atomic mass is 79.9. The molecule has 0 aliphatic carbocycles. The molecule has 8 heteroatoms. The van der Waals surface area contributed by atoms with Crippen LogP contribution in [0.15, 0.2) is 99.3 Å². The Balaban J connectivity index is 1.41. The summed E-state index contributed by atoms with van der Waals surface area (Å²) in [6, 6.07) is 24.7. The van der Waals surface area contributed by atoms with Gasteiger partial charge in [-0.3, -0.25) is 4.79 Å². The number of rotatable bonds is 7. The van der Waals surface area contributed by atoms with Crippen LogP contribution in [0.25, 0.3) is 0 Å². The molecule has 1 aromatic heterocycles. The molecule has 0 aliphatic heterocycles. The minimum Gasteiger partial charge on any atom is -0.470 e. The molecule has 0 atom stereocenters. The summed E-state index contributed by atoms with van der Waals surface area (Å²) in [5.41, 5.74) is 1.03. The molecule has 1 N–H and O–H groups in total. The zero-order valence-corrected chi connectivity index (χ0v) is 19.3. The predicted octanol–water partition coefficient (Wildman–Crippen LogP) is 6.74. The number of amides is 1. The summed E-state index contributed by atoms with van der Waals surface area (Å²) in [4.78, 5) is 14.8. The molecule has 5 nitrogen and oxygen atoms in total. The molecule has 0 saturated carbocycles. The van der Waals surface area contributed by atoms with Gasteiger partial charge in [-0.15, -0.1) is 0 Å². The van der Waals surface area contributed by atoms with Gasteiger partial charge in [-0.05, 0) is 48.5 Å². The molecule has 31 heavy (non-hydrogen) atoms. The normalized spacial score (nSPS) is 10.6. The lowest BCUT2D eigenvalue weighted by molar-refractivity contribution is 0.102. The van der Waals surface area contributed by atoms with Crippen LogP contribution >= 0.6 is 39.3 Å². The van der Waals surface area contributed by atoms with Crippen LogP contribution in [0.2, 0.25) is 5.02 Å². The van der Waals surface area contributed by atoms with Gasteiger partial charge in [0.15, 0.2) is 12.4 Å². The van der Waals surface area contributed by atoms with Crippen molar-refractivity contribution < 1.29 is 9.53 Å². The van der Waals surface area contributed by atoms with E-state index in [0.717, 1.165) is 20.0 Å². The molecule has 4 aromatic rings. The lowest BCUT2D eigenvalue weighted by atomic mass is 10.3. The number of carbonyl (C=O) groups excluding carboxylic acids is 1. The van der Waals surface area contributed by atoms with E-state index in [2.05, 4.69) is 26.3 Å². The number of para-hydroxylation sites is 1. The smallest absolute Gasteiger partial charge is 0.276 e. The van der Waals surface area contributed by atoms with Crippen molar-refractivity contribution in [2.24, 2.45) is 0 Å². The Morgan fingerprint density at radius 2 is 1.84 bits per heavy atom. The van der Waals surface area contributed by atoms with Crippen molar-refractivity contribution in [2.75, 3.05) is 5.32 Å². The molecular formula is C23H17BrClN3O2S. The fourth-order valence-electron chi connectivity index (χ4n) is 2.74. The van der Waals surface area contributed by atoms with Gasteiger partial charge in [-0.1, -0.05) is 69.6 Å². The zero-order valence-electron chi connectivity index (χ0n) is 16.2. The quantitative estimate of drug-likeness (QED) is 0.297. The van der Waals surface area contributed by atoms with Gasteiger partial charge < -0.3 is 10.1 Å². The van der Waals surface area contributed by atoms with Gasteiger partial charge in [-0.25, -0.2) is 4.68 Å². The zero-order chi connectivity index (χ0) is 21.6. The monoisotopic (exact) mass is 513 g/mol. The van der Waals surface area contributed by atoms with E-state index in [4.69, 9.17) is 16.3 Å². The Labute approximate surface area is 197 Å². The summed E-state index contributed by atoms with van der Waals surface area (Å²) in [6.45, 7) is 0.134. The first-order valence-corrected chi connectivity index (χ1v) is 11.3. The molecule has 0 bridgehead atoms. The number of hydrogen-bond donors (Lipinski definition) is 1. The number of ether oxygens (including phenoxy) is 1. The van der Waals surface area contributed by atoms with E-state index in [-0.39, 0.29) is 12.6 Å². The third-order valence-corrected chi connectivity index (χ3v) is 6.10. The molecule has 0 saturated heterocycles. The molecular weight excluding hydrogens is 498 g/mol. The highest BCUT2D eigenvalue weighted by Crippen LogP contribution is 2.33. The summed E-state index contributed by atoms with van der Waals surface area (Å²) in [5.74, 6) is 0.250. The summed E-state index contributed by atoms with van der Waals surface area (Å²) in [5, 5.41) is 7.74. The minimum absolute atomic E-state index is 0.134. The van der Waals surface area contributed by atoms with E-state index in [1.807, 2.05) is 60.7 Å². The number of hydrogen-bond acceptors (Lipinski definition) is 4. The van der Waals surface area contributed by atoms with Crippen LogP contribution in [0.5, 0.6) is 5.75 Å². The SMILES string of the molecule is O=C(Nc1ccccc1Sc1ccccc1)c1ccn(COc2ccc(Br)cc2Cl)n1. The summed E-state index contributed by atoms with van der Waals surface area (Å²) < 4.78 is 8.10. The molecule has 3 aromatic carbocycles. The maximum Gasteiger partial charge on any atom is 0.276 e. The maximum atomic E-state index is 12.7. The molecule has 0 fully saturated rings. The number of benzene rings is 3. The molecule has 156 valence electrons. The number of aromatic nitrogens is 2. The Morgan fingerprint density at radius 3 is 2.65 bits per heavy atom. The number of nitrogens with one attached hydrogen (secondary N) is 1. The largest absolute Gasteiger partial charge is 0.470 e. The van der Waals surface area contributed by atoms with Crippen molar-refractivity contribution in [1.29, 1.82) is 0 Å². The average molecular weight is 515 g/mol. The van der Waals surface area contributed by atoms with Crippen LogP contribution in [0.4, 0.5) is 5.69 Å². The number of nitrogens with zero attached hydrogens (tertiary/aromatic N) is 2. The third-order valence-electron chi connectivity index (χ3n) is 4.23. The van der Waals surface area contributed by atoms with Crippen LogP contribution in [0, 0.1) is 0 Å².